The minimum atomic E-state index is 0.397. The molecule has 0 aromatic carbocycles. The molecule has 0 saturated heterocycles. The second kappa shape index (κ2) is 5.63. The lowest BCUT2D eigenvalue weighted by Crippen LogP contribution is -2.44. The molecule has 1 aromatic rings. The van der Waals surface area contributed by atoms with Crippen molar-refractivity contribution in [1.29, 1.82) is 0 Å². The number of hydrazine groups is 1. The van der Waals surface area contributed by atoms with Crippen LogP contribution in [0.5, 0.6) is 0 Å². The van der Waals surface area contributed by atoms with Gasteiger partial charge in [-0.05, 0) is 43.4 Å². The Hall–Kier alpha value is -0.870. The molecule has 0 radical (unpaired) electrons. The van der Waals surface area contributed by atoms with E-state index in [1.54, 1.807) is 0 Å². The first kappa shape index (κ1) is 13.1. The van der Waals surface area contributed by atoms with Crippen LogP contribution in [0.3, 0.4) is 0 Å². The number of nitrogens with one attached hydrogen (secondary N) is 1. The summed E-state index contributed by atoms with van der Waals surface area (Å²) in [4.78, 5) is 4.52. The van der Waals surface area contributed by atoms with Crippen LogP contribution >= 0.6 is 0 Å². The first-order valence-electron chi connectivity index (χ1n) is 7.78. The maximum Gasteiger partial charge on any atom is 0.110 e. The van der Waals surface area contributed by atoms with Crippen LogP contribution in [0.15, 0.2) is 12.4 Å². The van der Waals surface area contributed by atoms with Gasteiger partial charge in [0.1, 0.15) is 5.82 Å². The van der Waals surface area contributed by atoms with Crippen molar-refractivity contribution in [3.63, 3.8) is 0 Å². The van der Waals surface area contributed by atoms with Crippen molar-refractivity contribution in [2.24, 2.45) is 23.6 Å². The zero-order chi connectivity index (χ0) is 13.2. The van der Waals surface area contributed by atoms with E-state index in [-0.39, 0.29) is 0 Å². The first-order chi connectivity index (χ1) is 9.31. The molecule has 2 aliphatic carbocycles. The highest BCUT2D eigenvalue weighted by atomic mass is 15.2. The summed E-state index contributed by atoms with van der Waals surface area (Å²) in [5, 5.41) is 0. The third kappa shape index (κ3) is 2.56. The van der Waals surface area contributed by atoms with E-state index in [0.29, 0.717) is 6.04 Å². The molecule has 4 nitrogen and oxygen atoms in total. The molecule has 4 heteroatoms. The molecule has 0 amide bonds. The lowest BCUT2D eigenvalue weighted by molar-refractivity contribution is 0.244. The van der Waals surface area contributed by atoms with Gasteiger partial charge in [-0.3, -0.25) is 11.3 Å². The lowest BCUT2D eigenvalue weighted by atomic mass is 9.82. The predicted molar refractivity (Wildman–Crippen MR) is 76.3 cm³/mol. The van der Waals surface area contributed by atoms with Gasteiger partial charge in [-0.25, -0.2) is 4.98 Å². The molecule has 2 aliphatic rings. The SMILES string of the molecule is CCCn1ccnc1CC(NN)C1CC2CCC1C2. The Balaban J connectivity index is 1.67. The van der Waals surface area contributed by atoms with Gasteiger partial charge in [0.05, 0.1) is 0 Å². The van der Waals surface area contributed by atoms with Crippen LogP contribution in [0, 0.1) is 17.8 Å². The van der Waals surface area contributed by atoms with Gasteiger partial charge < -0.3 is 4.57 Å². The third-order valence-corrected chi connectivity index (χ3v) is 5.19. The van der Waals surface area contributed by atoms with Crippen molar-refractivity contribution in [3.05, 3.63) is 18.2 Å². The van der Waals surface area contributed by atoms with Gasteiger partial charge in [-0.1, -0.05) is 13.3 Å². The number of aryl methyl sites for hydroxylation is 1. The topological polar surface area (TPSA) is 55.9 Å². The van der Waals surface area contributed by atoms with E-state index >= 15 is 0 Å². The van der Waals surface area contributed by atoms with Crippen molar-refractivity contribution < 1.29 is 0 Å². The van der Waals surface area contributed by atoms with Gasteiger partial charge in [-0.2, -0.15) is 0 Å². The van der Waals surface area contributed by atoms with Gasteiger partial charge in [0.2, 0.25) is 0 Å². The molecule has 19 heavy (non-hydrogen) atoms. The maximum absolute atomic E-state index is 5.84. The second-order valence-corrected chi connectivity index (χ2v) is 6.35. The first-order valence-corrected chi connectivity index (χ1v) is 7.78. The zero-order valence-electron chi connectivity index (χ0n) is 11.9. The Kier molecular flexibility index (Phi) is 3.89. The van der Waals surface area contributed by atoms with E-state index in [1.807, 2.05) is 6.20 Å². The molecule has 4 atom stereocenters. The fraction of sp³-hybridized carbons (Fsp3) is 0.800. The van der Waals surface area contributed by atoms with Gasteiger partial charge in [0, 0.05) is 31.4 Å². The molecular formula is C15H26N4. The molecule has 3 rings (SSSR count). The van der Waals surface area contributed by atoms with E-state index in [1.165, 1.54) is 31.5 Å². The number of imidazole rings is 1. The number of hydrogen-bond acceptors (Lipinski definition) is 3. The summed E-state index contributed by atoms with van der Waals surface area (Å²) in [6.45, 7) is 3.27. The third-order valence-electron chi connectivity index (χ3n) is 5.19. The van der Waals surface area contributed by atoms with Crippen LogP contribution < -0.4 is 11.3 Å². The molecule has 2 saturated carbocycles. The maximum atomic E-state index is 5.84. The fourth-order valence-corrected chi connectivity index (χ4v) is 4.29. The van der Waals surface area contributed by atoms with Crippen LogP contribution in [0.25, 0.3) is 0 Å². The molecular weight excluding hydrogens is 236 g/mol. The summed E-state index contributed by atoms with van der Waals surface area (Å²) in [6, 6.07) is 0.397. The van der Waals surface area contributed by atoms with E-state index in [0.717, 1.165) is 37.1 Å². The van der Waals surface area contributed by atoms with Crippen LogP contribution in [-0.4, -0.2) is 15.6 Å². The summed E-state index contributed by atoms with van der Waals surface area (Å²) >= 11 is 0. The number of hydrogen-bond donors (Lipinski definition) is 2. The molecule has 1 heterocycles. The average molecular weight is 262 g/mol. The van der Waals surface area contributed by atoms with Crippen molar-refractivity contribution in [2.45, 2.75) is 58.0 Å². The van der Waals surface area contributed by atoms with Crippen molar-refractivity contribution in [2.75, 3.05) is 0 Å². The van der Waals surface area contributed by atoms with Crippen LogP contribution in [0.1, 0.15) is 44.9 Å². The molecule has 2 fully saturated rings. The van der Waals surface area contributed by atoms with Crippen molar-refractivity contribution >= 4 is 0 Å². The van der Waals surface area contributed by atoms with Crippen LogP contribution in [0.2, 0.25) is 0 Å². The molecule has 2 bridgehead atoms. The number of nitrogens with zero attached hydrogens (tertiary/aromatic N) is 2. The highest BCUT2D eigenvalue weighted by Gasteiger charge is 2.43. The molecule has 3 N–H and O–H groups in total. The lowest BCUT2D eigenvalue weighted by Gasteiger charge is -2.30. The molecule has 0 spiro atoms. The summed E-state index contributed by atoms with van der Waals surface area (Å²) < 4.78 is 2.28. The fourth-order valence-electron chi connectivity index (χ4n) is 4.29. The Morgan fingerprint density at radius 3 is 3.00 bits per heavy atom. The molecule has 0 aliphatic heterocycles. The smallest absolute Gasteiger partial charge is 0.110 e. The summed E-state index contributed by atoms with van der Waals surface area (Å²) in [5.41, 5.74) is 3.08. The minimum absolute atomic E-state index is 0.397. The molecule has 4 unspecified atom stereocenters. The largest absolute Gasteiger partial charge is 0.335 e. The highest BCUT2D eigenvalue weighted by Crippen LogP contribution is 2.49. The second-order valence-electron chi connectivity index (χ2n) is 6.35. The van der Waals surface area contributed by atoms with Gasteiger partial charge in [-0.15, -0.1) is 0 Å². The molecule has 1 aromatic heterocycles. The normalized spacial score (nSPS) is 30.9. The highest BCUT2D eigenvalue weighted by molar-refractivity contribution is 5.01. The number of rotatable bonds is 6. The van der Waals surface area contributed by atoms with Crippen LogP contribution in [0.4, 0.5) is 0 Å². The van der Waals surface area contributed by atoms with Gasteiger partial charge in [0.15, 0.2) is 0 Å². The standard InChI is InChI=1S/C15H26N4/c1-2-6-19-7-5-17-15(19)10-14(18-16)13-9-11-3-4-12(13)8-11/h5,7,11-14,18H,2-4,6,8-10,16H2,1H3. The van der Waals surface area contributed by atoms with Crippen molar-refractivity contribution in [3.8, 4) is 0 Å². The summed E-state index contributed by atoms with van der Waals surface area (Å²) in [6.07, 6.45) is 11.8. The zero-order valence-corrected chi connectivity index (χ0v) is 11.9. The summed E-state index contributed by atoms with van der Waals surface area (Å²) in [7, 11) is 0. The van der Waals surface area contributed by atoms with Gasteiger partial charge >= 0.3 is 0 Å². The predicted octanol–water partition coefficient (Wildman–Crippen LogP) is 2.10. The molecule has 106 valence electrons. The van der Waals surface area contributed by atoms with E-state index < -0.39 is 0 Å². The summed E-state index contributed by atoms with van der Waals surface area (Å²) in [5.74, 6) is 9.66. The van der Waals surface area contributed by atoms with Gasteiger partial charge in [0.25, 0.3) is 0 Å². The Morgan fingerprint density at radius 1 is 1.47 bits per heavy atom. The van der Waals surface area contributed by atoms with Crippen LogP contribution in [-0.2, 0) is 13.0 Å². The Morgan fingerprint density at radius 2 is 2.37 bits per heavy atom. The number of nitrogens with two attached hydrogens (primary N) is 1. The van der Waals surface area contributed by atoms with E-state index in [4.69, 9.17) is 5.84 Å². The minimum Gasteiger partial charge on any atom is -0.335 e. The average Bonchev–Trinajstić information content (AvgIpc) is 3.12. The Bertz CT molecular complexity index is 414. The monoisotopic (exact) mass is 262 g/mol. The quantitative estimate of drug-likeness (QED) is 0.610. The van der Waals surface area contributed by atoms with Crippen molar-refractivity contribution in [1.82, 2.24) is 15.0 Å². The Labute approximate surface area is 115 Å². The number of aromatic nitrogens is 2. The van der Waals surface area contributed by atoms with E-state index in [2.05, 4.69) is 28.1 Å². The van der Waals surface area contributed by atoms with E-state index in [9.17, 15) is 0 Å². The number of fused-ring (bicyclic) bond motifs is 2.